The summed E-state index contributed by atoms with van der Waals surface area (Å²) in [7, 11) is 1.87. The van der Waals surface area contributed by atoms with Crippen molar-refractivity contribution in [2.24, 2.45) is 17.9 Å². The van der Waals surface area contributed by atoms with Crippen LogP contribution in [0.5, 0.6) is 0 Å². The topological polar surface area (TPSA) is 76.4 Å². The Balaban J connectivity index is 3.00. The van der Waals surface area contributed by atoms with Crippen molar-refractivity contribution in [3.63, 3.8) is 0 Å². The Labute approximate surface area is 76.8 Å². The molecule has 1 aromatic rings. The van der Waals surface area contributed by atoms with Gasteiger partial charge in [-0.3, -0.25) is 4.68 Å². The number of nitrogens with two attached hydrogens (primary N) is 1. The first-order valence-corrected chi connectivity index (χ1v) is 4.01. The number of amidine groups is 1. The molecule has 0 amide bonds. The zero-order valence-electron chi connectivity index (χ0n) is 8.07. The number of hydrogen-bond acceptors (Lipinski definition) is 3. The summed E-state index contributed by atoms with van der Waals surface area (Å²) in [6.45, 7) is 3.87. The number of rotatable bonds is 2. The third kappa shape index (κ3) is 1.80. The van der Waals surface area contributed by atoms with Crippen molar-refractivity contribution < 1.29 is 5.21 Å². The van der Waals surface area contributed by atoms with E-state index in [9.17, 15) is 0 Å². The zero-order valence-corrected chi connectivity index (χ0v) is 8.07. The molecule has 3 N–H and O–H groups in total. The number of hydrogen-bond donors (Lipinski definition) is 2. The second kappa shape index (κ2) is 3.47. The van der Waals surface area contributed by atoms with Gasteiger partial charge in [-0.1, -0.05) is 5.16 Å². The summed E-state index contributed by atoms with van der Waals surface area (Å²) >= 11 is 0. The molecule has 0 atom stereocenters. The molecule has 0 fully saturated rings. The quantitative estimate of drug-likeness (QED) is 0.299. The van der Waals surface area contributed by atoms with E-state index in [1.165, 1.54) is 0 Å². The van der Waals surface area contributed by atoms with Crippen molar-refractivity contribution in [1.82, 2.24) is 9.78 Å². The summed E-state index contributed by atoms with van der Waals surface area (Å²) in [5.74, 6) is 0.208. The largest absolute Gasteiger partial charge is 0.409 e. The molecule has 0 aromatic carbocycles. The van der Waals surface area contributed by atoms with E-state index >= 15 is 0 Å². The molecule has 0 unspecified atom stereocenters. The van der Waals surface area contributed by atoms with Gasteiger partial charge in [0, 0.05) is 24.7 Å². The van der Waals surface area contributed by atoms with Gasteiger partial charge >= 0.3 is 0 Å². The Bertz CT molecular complexity index is 340. The second-order valence-electron chi connectivity index (χ2n) is 3.04. The van der Waals surface area contributed by atoms with Crippen LogP contribution in [-0.2, 0) is 13.5 Å². The van der Waals surface area contributed by atoms with Crippen molar-refractivity contribution >= 4 is 5.84 Å². The molecule has 5 nitrogen and oxygen atoms in total. The van der Waals surface area contributed by atoms with Crippen molar-refractivity contribution in [2.45, 2.75) is 20.3 Å². The molecule has 0 aliphatic carbocycles. The lowest BCUT2D eigenvalue weighted by atomic mass is 10.1. The highest BCUT2D eigenvalue weighted by Crippen LogP contribution is 2.11. The molecule has 0 saturated heterocycles. The lowest BCUT2D eigenvalue weighted by Gasteiger charge is -1.99. The molecule has 1 rings (SSSR count). The molecule has 0 spiro atoms. The van der Waals surface area contributed by atoms with E-state index in [-0.39, 0.29) is 5.84 Å². The summed E-state index contributed by atoms with van der Waals surface area (Å²) in [5.41, 5.74) is 8.41. The highest BCUT2D eigenvalue weighted by Gasteiger charge is 2.10. The molecule has 72 valence electrons. The first-order chi connectivity index (χ1) is 6.06. The molecule has 13 heavy (non-hydrogen) atoms. The van der Waals surface area contributed by atoms with Crippen molar-refractivity contribution in [3.05, 3.63) is 17.0 Å². The lowest BCUT2D eigenvalue weighted by Crippen LogP contribution is -2.15. The fraction of sp³-hybridized carbons (Fsp3) is 0.500. The summed E-state index contributed by atoms with van der Waals surface area (Å²) in [4.78, 5) is 0. The smallest absolute Gasteiger partial charge is 0.143 e. The molecule has 1 aromatic heterocycles. The van der Waals surface area contributed by atoms with Crippen LogP contribution < -0.4 is 5.73 Å². The van der Waals surface area contributed by atoms with Gasteiger partial charge in [0.25, 0.3) is 0 Å². The van der Waals surface area contributed by atoms with Gasteiger partial charge in [-0.25, -0.2) is 0 Å². The molecular formula is C8H14N4O. The van der Waals surface area contributed by atoms with Gasteiger partial charge in [0.2, 0.25) is 0 Å². The third-order valence-electron chi connectivity index (χ3n) is 2.15. The van der Waals surface area contributed by atoms with E-state index in [1.807, 2.05) is 20.9 Å². The molecular weight excluding hydrogens is 168 g/mol. The molecule has 0 saturated carbocycles. The van der Waals surface area contributed by atoms with Crippen LogP contribution in [0.3, 0.4) is 0 Å². The van der Waals surface area contributed by atoms with Crippen molar-refractivity contribution in [3.8, 4) is 0 Å². The van der Waals surface area contributed by atoms with E-state index in [0.717, 1.165) is 17.0 Å². The van der Waals surface area contributed by atoms with Crippen LogP contribution in [-0.4, -0.2) is 20.8 Å². The zero-order chi connectivity index (χ0) is 10.0. The molecule has 0 aliphatic heterocycles. The molecule has 0 bridgehead atoms. The Hall–Kier alpha value is -1.52. The first-order valence-electron chi connectivity index (χ1n) is 4.01. The molecule has 1 heterocycles. The number of oxime groups is 1. The van der Waals surface area contributed by atoms with Gasteiger partial charge in [-0.2, -0.15) is 5.10 Å². The van der Waals surface area contributed by atoms with E-state index in [0.29, 0.717) is 6.42 Å². The third-order valence-corrected chi connectivity index (χ3v) is 2.15. The van der Waals surface area contributed by atoms with E-state index < -0.39 is 0 Å². The predicted molar refractivity (Wildman–Crippen MR) is 49.8 cm³/mol. The predicted octanol–water partition coefficient (Wildman–Crippen LogP) is 0.326. The van der Waals surface area contributed by atoms with E-state index in [4.69, 9.17) is 10.9 Å². The fourth-order valence-electron chi connectivity index (χ4n) is 1.29. The maximum absolute atomic E-state index is 8.42. The Morgan fingerprint density at radius 3 is 2.62 bits per heavy atom. The van der Waals surface area contributed by atoms with E-state index in [1.54, 1.807) is 4.68 Å². The highest BCUT2D eigenvalue weighted by atomic mass is 16.4. The highest BCUT2D eigenvalue weighted by molar-refractivity contribution is 5.82. The van der Waals surface area contributed by atoms with Crippen LogP contribution in [0.15, 0.2) is 5.16 Å². The van der Waals surface area contributed by atoms with Crippen LogP contribution in [0.25, 0.3) is 0 Å². The minimum absolute atomic E-state index is 0.208. The second-order valence-corrected chi connectivity index (χ2v) is 3.04. The van der Waals surface area contributed by atoms with Crippen molar-refractivity contribution in [1.29, 1.82) is 0 Å². The van der Waals surface area contributed by atoms with Gasteiger partial charge in [0.05, 0.1) is 5.69 Å². The van der Waals surface area contributed by atoms with Gasteiger partial charge in [-0.05, 0) is 13.8 Å². The number of aromatic nitrogens is 2. The van der Waals surface area contributed by atoms with Crippen LogP contribution in [0.2, 0.25) is 0 Å². The number of aryl methyl sites for hydroxylation is 2. The van der Waals surface area contributed by atoms with Crippen LogP contribution in [0, 0.1) is 13.8 Å². The maximum Gasteiger partial charge on any atom is 0.143 e. The first kappa shape index (κ1) is 9.57. The molecule has 0 radical (unpaired) electrons. The summed E-state index contributed by atoms with van der Waals surface area (Å²) in [5, 5.41) is 15.6. The summed E-state index contributed by atoms with van der Waals surface area (Å²) in [6.07, 6.45) is 0.446. The van der Waals surface area contributed by atoms with Crippen LogP contribution >= 0.6 is 0 Å². The molecule has 5 heteroatoms. The maximum atomic E-state index is 8.42. The van der Waals surface area contributed by atoms with E-state index in [2.05, 4.69) is 10.3 Å². The lowest BCUT2D eigenvalue weighted by molar-refractivity contribution is 0.317. The average molecular weight is 182 g/mol. The standard InChI is InChI=1S/C8H14N4O/c1-5-7(4-8(9)11-13)6(2)12(3)10-5/h13H,4H2,1-3H3,(H2,9,11). The van der Waals surface area contributed by atoms with Crippen molar-refractivity contribution in [2.75, 3.05) is 0 Å². The summed E-state index contributed by atoms with van der Waals surface area (Å²) in [6, 6.07) is 0. The van der Waals surface area contributed by atoms with Gasteiger partial charge in [0.1, 0.15) is 5.84 Å². The van der Waals surface area contributed by atoms with Crippen LogP contribution in [0.4, 0.5) is 0 Å². The monoisotopic (exact) mass is 182 g/mol. The fourth-order valence-corrected chi connectivity index (χ4v) is 1.29. The van der Waals surface area contributed by atoms with Gasteiger partial charge in [-0.15, -0.1) is 0 Å². The Morgan fingerprint density at radius 1 is 1.62 bits per heavy atom. The van der Waals surface area contributed by atoms with Crippen LogP contribution in [0.1, 0.15) is 17.0 Å². The minimum atomic E-state index is 0.208. The SMILES string of the molecule is Cc1nn(C)c(C)c1CC(N)=NO. The minimum Gasteiger partial charge on any atom is -0.409 e. The summed E-state index contributed by atoms with van der Waals surface area (Å²) < 4.78 is 1.79. The van der Waals surface area contributed by atoms with Gasteiger partial charge < -0.3 is 10.9 Å². The average Bonchev–Trinajstić information content (AvgIpc) is 2.32. The normalized spacial score (nSPS) is 12.1. The number of nitrogens with zero attached hydrogens (tertiary/aromatic N) is 3. The Kier molecular flexibility index (Phi) is 2.55. The molecule has 0 aliphatic rings. The van der Waals surface area contributed by atoms with Gasteiger partial charge in [0.15, 0.2) is 0 Å². The Morgan fingerprint density at radius 2 is 2.23 bits per heavy atom.